The van der Waals surface area contributed by atoms with Crippen molar-refractivity contribution in [2.75, 3.05) is 31.3 Å². The molecule has 4 nitrogen and oxygen atoms in total. The third kappa shape index (κ3) is 2.98. The van der Waals surface area contributed by atoms with E-state index in [0.717, 1.165) is 22.6 Å². The molecule has 0 fully saturated rings. The van der Waals surface area contributed by atoms with Crippen molar-refractivity contribution in [2.45, 2.75) is 0 Å². The van der Waals surface area contributed by atoms with Gasteiger partial charge in [0.15, 0.2) is 0 Å². The molecule has 0 unspecified atom stereocenters. The summed E-state index contributed by atoms with van der Waals surface area (Å²) in [6, 6.07) is 13.4. The van der Waals surface area contributed by atoms with E-state index in [1.54, 1.807) is 7.11 Å². The molecule has 2 aromatic carbocycles. The Bertz CT molecular complexity index is 556. The predicted molar refractivity (Wildman–Crippen MR) is 78.4 cm³/mol. The van der Waals surface area contributed by atoms with Crippen LogP contribution in [0.25, 0.3) is 11.1 Å². The van der Waals surface area contributed by atoms with Crippen LogP contribution in [-0.2, 0) is 0 Å². The molecule has 0 aliphatic heterocycles. The Morgan fingerprint density at radius 2 is 1.95 bits per heavy atom. The number of hydrogen-bond donors (Lipinski definition) is 3. The van der Waals surface area contributed by atoms with Crippen LogP contribution < -0.4 is 15.8 Å². The lowest BCUT2D eigenvalue weighted by molar-refractivity contribution is 0.311. The van der Waals surface area contributed by atoms with Gasteiger partial charge < -0.3 is 20.9 Å². The van der Waals surface area contributed by atoms with Gasteiger partial charge in [-0.3, -0.25) is 0 Å². The maximum atomic E-state index is 8.93. The monoisotopic (exact) mass is 258 g/mol. The van der Waals surface area contributed by atoms with Gasteiger partial charge in [-0.15, -0.1) is 0 Å². The molecule has 2 rings (SSSR count). The number of anilines is 2. The highest BCUT2D eigenvalue weighted by molar-refractivity contribution is 5.84. The second-order valence-electron chi connectivity index (χ2n) is 4.16. The number of nitrogens with two attached hydrogens (primary N) is 1. The first-order valence-electron chi connectivity index (χ1n) is 6.14. The Labute approximate surface area is 112 Å². The number of ether oxygens (including phenoxy) is 1. The first-order valence-corrected chi connectivity index (χ1v) is 6.14. The van der Waals surface area contributed by atoms with Gasteiger partial charge in [-0.1, -0.05) is 18.2 Å². The van der Waals surface area contributed by atoms with Gasteiger partial charge in [0.1, 0.15) is 5.75 Å². The minimum atomic E-state index is 0.0791. The molecule has 0 radical (unpaired) electrons. The van der Waals surface area contributed by atoms with Gasteiger partial charge in [0.05, 0.1) is 13.7 Å². The summed E-state index contributed by atoms with van der Waals surface area (Å²) in [5.74, 6) is 0.792. The van der Waals surface area contributed by atoms with Crippen LogP contribution >= 0.6 is 0 Å². The van der Waals surface area contributed by atoms with E-state index in [1.807, 2.05) is 42.5 Å². The standard InChI is InChI=1S/C15H18N2O2/c1-19-15-5-3-2-4-12(15)13-10-11(16)6-7-14(13)17-8-9-18/h2-7,10,17-18H,8-9,16H2,1H3. The summed E-state index contributed by atoms with van der Waals surface area (Å²) >= 11 is 0. The van der Waals surface area contributed by atoms with E-state index in [9.17, 15) is 0 Å². The number of benzene rings is 2. The third-order valence-electron chi connectivity index (χ3n) is 2.87. The van der Waals surface area contributed by atoms with Crippen LogP contribution in [0, 0.1) is 0 Å². The van der Waals surface area contributed by atoms with Gasteiger partial charge in [-0.2, -0.15) is 0 Å². The number of nitrogen functional groups attached to an aromatic ring is 1. The smallest absolute Gasteiger partial charge is 0.126 e. The minimum Gasteiger partial charge on any atom is -0.496 e. The van der Waals surface area contributed by atoms with Crippen LogP contribution in [0.2, 0.25) is 0 Å². The van der Waals surface area contributed by atoms with Crippen molar-refractivity contribution in [3.05, 3.63) is 42.5 Å². The fourth-order valence-electron chi connectivity index (χ4n) is 2.00. The van der Waals surface area contributed by atoms with E-state index in [1.165, 1.54) is 0 Å². The largest absolute Gasteiger partial charge is 0.496 e. The van der Waals surface area contributed by atoms with Crippen LogP contribution in [0.1, 0.15) is 0 Å². The number of methoxy groups -OCH3 is 1. The van der Waals surface area contributed by atoms with Crippen molar-refractivity contribution in [1.82, 2.24) is 0 Å². The SMILES string of the molecule is COc1ccccc1-c1cc(N)ccc1NCCO. The number of para-hydroxylation sites is 1. The van der Waals surface area contributed by atoms with E-state index in [2.05, 4.69) is 5.32 Å². The first kappa shape index (κ1) is 13.2. The Morgan fingerprint density at radius 3 is 2.68 bits per heavy atom. The Kier molecular flexibility index (Phi) is 4.26. The molecule has 4 heteroatoms. The van der Waals surface area contributed by atoms with E-state index >= 15 is 0 Å². The van der Waals surface area contributed by atoms with Gasteiger partial charge in [-0.05, 0) is 24.3 Å². The van der Waals surface area contributed by atoms with Crippen LogP contribution in [0.15, 0.2) is 42.5 Å². The molecule has 0 spiro atoms. The fourth-order valence-corrected chi connectivity index (χ4v) is 2.00. The van der Waals surface area contributed by atoms with E-state index in [0.29, 0.717) is 12.2 Å². The lowest BCUT2D eigenvalue weighted by Gasteiger charge is -2.15. The van der Waals surface area contributed by atoms with Crippen molar-refractivity contribution in [3.63, 3.8) is 0 Å². The number of nitrogens with one attached hydrogen (secondary N) is 1. The maximum absolute atomic E-state index is 8.93. The quantitative estimate of drug-likeness (QED) is 0.720. The van der Waals surface area contributed by atoms with Crippen molar-refractivity contribution in [1.29, 1.82) is 0 Å². The highest BCUT2D eigenvalue weighted by Crippen LogP contribution is 2.35. The second-order valence-corrected chi connectivity index (χ2v) is 4.16. The van der Waals surface area contributed by atoms with E-state index in [-0.39, 0.29) is 6.61 Å². The van der Waals surface area contributed by atoms with Gasteiger partial charge in [0, 0.05) is 29.0 Å². The molecule has 0 aliphatic rings. The lowest BCUT2D eigenvalue weighted by atomic mass is 10.0. The first-order chi connectivity index (χ1) is 9.26. The van der Waals surface area contributed by atoms with Crippen LogP contribution in [-0.4, -0.2) is 25.4 Å². The Balaban J connectivity index is 2.49. The second kappa shape index (κ2) is 6.11. The summed E-state index contributed by atoms with van der Waals surface area (Å²) in [5, 5.41) is 12.1. The zero-order valence-electron chi connectivity index (χ0n) is 10.9. The van der Waals surface area contributed by atoms with Crippen molar-refractivity contribution in [3.8, 4) is 16.9 Å². The molecule has 0 saturated carbocycles. The molecule has 100 valence electrons. The zero-order valence-corrected chi connectivity index (χ0v) is 10.9. The molecule has 2 aromatic rings. The zero-order chi connectivity index (χ0) is 13.7. The minimum absolute atomic E-state index is 0.0791. The number of rotatable bonds is 5. The molecular weight excluding hydrogens is 240 g/mol. The topological polar surface area (TPSA) is 67.5 Å². The fraction of sp³-hybridized carbons (Fsp3) is 0.200. The average molecular weight is 258 g/mol. The molecule has 0 aromatic heterocycles. The Hall–Kier alpha value is -2.20. The van der Waals surface area contributed by atoms with Gasteiger partial charge in [-0.25, -0.2) is 0 Å². The molecule has 0 aliphatic carbocycles. The summed E-state index contributed by atoms with van der Waals surface area (Å²) in [5.41, 5.74) is 9.42. The number of aliphatic hydroxyl groups excluding tert-OH is 1. The van der Waals surface area contributed by atoms with Crippen molar-refractivity contribution >= 4 is 11.4 Å². The third-order valence-corrected chi connectivity index (χ3v) is 2.87. The van der Waals surface area contributed by atoms with Crippen LogP contribution in [0.4, 0.5) is 11.4 Å². The van der Waals surface area contributed by atoms with E-state index < -0.39 is 0 Å². The van der Waals surface area contributed by atoms with Crippen molar-refractivity contribution in [2.24, 2.45) is 0 Å². The molecule has 19 heavy (non-hydrogen) atoms. The average Bonchev–Trinajstić information content (AvgIpc) is 2.46. The summed E-state index contributed by atoms with van der Waals surface area (Å²) in [6.07, 6.45) is 0. The predicted octanol–water partition coefficient (Wildman–Crippen LogP) is 2.35. The number of hydrogen-bond acceptors (Lipinski definition) is 4. The van der Waals surface area contributed by atoms with Gasteiger partial charge in [0.25, 0.3) is 0 Å². The highest BCUT2D eigenvalue weighted by atomic mass is 16.5. The van der Waals surface area contributed by atoms with Crippen LogP contribution in [0.3, 0.4) is 0 Å². The molecule has 0 amide bonds. The summed E-state index contributed by atoms with van der Waals surface area (Å²) in [4.78, 5) is 0. The lowest BCUT2D eigenvalue weighted by Crippen LogP contribution is -2.07. The summed E-state index contributed by atoms with van der Waals surface area (Å²) in [6.45, 7) is 0.571. The molecular formula is C15H18N2O2. The van der Waals surface area contributed by atoms with E-state index in [4.69, 9.17) is 15.6 Å². The molecule has 0 bridgehead atoms. The molecule has 0 saturated heterocycles. The molecule has 0 heterocycles. The molecule has 0 atom stereocenters. The van der Waals surface area contributed by atoms with Gasteiger partial charge >= 0.3 is 0 Å². The molecule has 4 N–H and O–H groups in total. The van der Waals surface area contributed by atoms with Crippen molar-refractivity contribution < 1.29 is 9.84 Å². The summed E-state index contributed by atoms with van der Waals surface area (Å²) in [7, 11) is 1.64. The number of aliphatic hydroxyl groups is 1. The van der Waals surface area contributed by atoms with Crippen LogP contribution in [0.5, 0.6) is 5.75 Å². The summed E-state index contributed by atoms with van der Waals surface area (Å²) < 4.78 is 5.38. The normalized spacial score (nSPS) is 10.2. The van der Waals surface area contributed by atoms with Gasteiger partial charge in [0.2, 0.25) is 0 Å². The maximum Gasteiger partial charge on any atom is 0.126 e. The Morgan fingerprint density at radius 1 is 1.16 bits per heavy atom. The highest BCUT2D eigenvalue weighted by Gasteiger charge is 2.10.